The predicted octanol–water partition coefficient (Wildman–Crippen LogP) is 2.77. The summed E-state index contributed by atoms with van der Waals surface area (Å²) in [5, 5.41) is 10.9. The normalized spacial score (nSPS) is 10.3. The first kappa shape index (κ1) is 14.0. The first-order chi connectivity index (χ1) is 9.65. The van der Waals surface area contributed by atoms with Crippen LogP contribution in [0.2, 0.25) is 0 Å². The zero-order valence-corrected chi connectivity index (χ0v) is 11.2. The molecule has 104 valence electrons. The van der Waals surface area contributed by atoms with E-state index >= 15 is 0 Å². The van der Waals surface area contributed by atoms with Crippen molar-refractivity contribution < 1.29 is 9.66 Å². The van der Waals surface area contributed by atoms with Crippen LogP contribution in [0, 0.1) is 10.1 Å². The van der Waals surface area contributed by atoms with Gasteiger partial charge < -0.3 is 10.5 Å². The average Bonchev–Trinajstić information content (AvgIpc) is 2.47. The second-order valence-electron chi connectivity index (χ2n) is 4.38. The summed E-state index contributed by atoms with van der Waals surface area (Å²) in [4.78, 5) is 10.5. The molecule has 2 N–H and O–H groups in total. The molecule has 0 amide bonds. The maximum atomic E-state index is 10.9. The number of nitrogens with zero attached hydrogens (tertiary/aromatic N) is 1. The van der Waals surface area contributed by atoms with Crippen LogP contribution in [-0.2, 0) is 6.42 Å². The summed E-state index contributed by atoms with van der Waals surface area (Å²) < 4.78 is 5.33. The van der Waals surface area contributed by atoms with Crippen molar-refractivity contribution in [3.63, 3.8) is 0 Å². The first-order valence-corrected chi connectivity index (χ1v) is 6.27. The van der Waals surface area contributed by atoms with Gasteiger partial charge in [-0.25, -0.2) is 0 Å². The van der Waals surface area contributed by atoms with Crippen molar-refractivity contribution in [3.8, 4) is 16.9 Å². The highest BCUT2D eigenvalue weighted by Crippen LogP contribution is 2.32. The highest BCUT2D eigenvalue weighted by atomic mass is 16.6. The molecule has 0 radical (unpaired) electrons. The molecule has 2 rings (SSSR count). The van der Waals surface area contributed by atoms with Crippen LogP contribution >= 0.6 is 0 Å². The van der Waals surface area contributed by atoms with Crippen molar-refractivity contribution in [3.05, 3.63) is 58.1 Å². The van der Waals surface area contributed by atoms with Crippen LogP contribution in [-0.4, -0.2) is 18.6 Å². The highest BCUT2D eigenvalue weighted by Gasteiger charge is 2.11. The number of non-ortho nitro benzene ring substituents is 1. The average molecular weight is 272 g/mol. The van der Waals surface area contributed by atoms with Crippen molar-refractivity contribution in [2.75, 3.05) is 13.7 Å². The summed E-state index contributed by atoms with van der Waals surface area (Å²) >= 11 is 0. The van der Waals surface area contributed by atoms with Crippen LogP contribution in [0.15, 0.2) is 42.5 Å². The van der Waals surface area contributed by atoms with Gasteiger partial charge in [0.2, 0.25) is 0 Å². The Kier molecular flexibility index (Phi) is 4.32. The van der Waals surface area contributed by atoms with Crippen LogP contribution in [0.3, 0.4) is 0 Å². The van der Waals surface area contributed by atoms with E-state index in [2.05, 4.69) is 0 Å². The number of methoxy groups -OCH3 is 1. The van der Waals surface area contributed by atoms with E-state index in [0.29, 0.717) is 12.3 Å². The molecule has 0 aliphatic rings. The zero-order valence-electron chi connectivity index (χ0n) is 11.2. The third-order valence-electron chi connectivity index (χ3n) is 3.06. The molecule has 20 heavy (non-hydrogen) atoms. The van der Waals surface area contributed by atoms with Crippen LogP contribution in [0.4, 0.5) is 5.69 Å². The van der Waals surface area contributed by atoms with Crippen LogP contribution in [0.25, 0.3) is 11.1 Å². The van der Waals surface area contributed by atoms with Gasteiger partial charge in [-0.3, -0.25) is 10.1 Å². The number of ether oxygens (including phenoxy) is 1. The van der Waals surface area contributed by atoms with Crippen LogP contribution in [0.1, 0.15) is 5.56 Å². The lowest BCUT2D eigenvalue weighted by atomic mass is 10.00. The minimum absolute atomic E-state index is 0.0637. The van der Waals surface area contributed by atoms with Gasteiger partial charge in [0, 0.05) is 17.7 Å². The summed E-state index contributed by atoms with van der Waals surface area (Å²) in [6.07, 6.45) is 0.756. The number of nitro groups is 1. The Morgan fingerprint density at radius 1 is 1.25 bits per heavy atom. The smallest absolute Gasteiger partial charge is 0.270 e. The van der Waals surface area contributed by atoms with Gasteiger partial charge in [0.05, 0.1) is 12.0 Å². The molecular formula is C15H16N2O3. The van der Waals surface area contributed by atoms with Gasteiger partial charge in [-0.15, -0.1) is 0 Å². The molecule has 0 unspecified atom stereocenters. The third kappa shape index (κ3) is 2.95. The lowest BCUT2D eigenvalue weighted by Gasteiger charge is -2.10. The lowest BCUT2D eigenvalue weighted by molar-refractivity contribution is -0.384. The van der Waals surface area contributed by atoms with Gasteiger partial charge in [-0.2, -0.15) is 0 Å². The summed E-state index contributed by atoms with van der Waals surface area (Å²) in [6, 6.07) is 12.3. The Bertz CT molecular complexity index is 626. The summed E-state index contributed by atoms with van der Waals surface area (Å²) in [5.74, 6) is 0.686. The summed E-state index contributed by atoms with van der Waals surface area (Å²) in [6.45, 7) is 0.556. The van der Waals surface area contributed by atoms with Gasteiger partial charge in [0.15, 0.2) is 0 Å². The Morgan fingerprint density at radius 2 is 2.05 bits per heavy atom. The first-order valence-electron chi connectivity index (χ1n) is 6.27. The number of nitro benzene ring substituents is 1. The van der Waals surface area contributed by atoms with Crippen molar-refractivity contribution >= 4 is 5.69 Å². The number of hydrogen-bond acceptors (Lipinski definition) is 4. The molecule has 0 aliphatic heterocycles. The third-order valence-corrected chi connectivity index (χ3v) is 3.06. The Morgan fingerprint density at radius 3 is 2.70 bits per heavy atom. The number of hydrogen-bond donors (Lipinski definition) is 1. The van der Waals surface area contributed by atoms with Crippen LogP contribution in [0.5, 0.6) is 5.75 Å². The van der Waals surface area contributed by atoms with Crippen molar-refractivity contribution in [1.29, 1.82) is 0 Å². The zero-order chi connectivity index (χ0) is 14.5. The molecule has 5 heteroatoms. The summed E-state index contributed by atoms with van der Waals surface area (Å²) in [7, 11) is 1.58. The fraction of sp³-hybridized carbons (Fsp3) is 0.200. The van der Waals surface area contributed by atoms with Crippen LogP contribution < -0.4 is 10.5 Å². The second-order valence-corrected chi connectivity index (χ2v) is 4.38. The predicted molar refractivity (Wildman–Crippen MR) is 77.8 cm³/mol. The summed E-state index contributed by atoms with van der Waals surface area (Å²) in [5.41, 5.74) is 8.30. The lowest BCUT2D eigenvalue weighted by Crippen LogP contribution is -2.03. The molecule has 0 bridgehead atoms. The van der Waals surface area contributed by atoms with Gasteiger partial charge >= 0.3 is 0 Å². The molecule has 0 aromatic heterocycles. The maximum absolute atomic E-state index is 10.9. The molecule has 0 atom stereocenters. The van der Waals surface area contributed by atoms with E-state index in [0.717, 1.165) is 23.1 Å². The minimum Gasteiger partial charge on any atom is -0.496 e. The van der Waals surface area contributed by atoms with Crippen molar-refractivity contribution in [1.82, 2.24) is 0 Å². The molecule has 0 saturated heterocycles. The Balaban J connectivity index is 2.51. The number of rotatable bonds is 5. The molecule has 0 saturated carbocycles. The van der Waals surface area contributed by atoms with Gasteiger partial charge in [0.1, 0.15) is 5.75 Å². The highest BCUT2D eigenvalue weighted by molar-refractivity contribution is 5.73. The SMILES string of the molecule is COc1ccc(CCN)cc1-c1cccc([N+](=O)[O-])c1. The van der Waals surface area contributed by atoms with E-state index in [4.69, 9.17) is 10.5 Å². The number of nitrogens with two attached hydrogens (primary N) is 1. The molecule has 0 aliphatic carbocycles. The second kappa shape index (κ2) is 6.16. The topological polar surface area (TPSA) is 78.4 Å². The van der Waals surface area contributed by atoms with Gasteiger partial charge in [0.25, 0.3) is 5.69 Å². The van der Waals surface area contributed by atoms with E-state index in [1.807, 2.05) is 24.3 Å². The largest absolute Gasteiger partial charge is 0.496 e. The van der Waals surface area contributed by atoms with Crippen molar-refractivity contribution in [2.45, 2.75) is 6.42 Å². The monoisotopic (exact) mass is 272 g/mol. The molecule has 0 heterocycles. The fourth-order valence-electron chi connectivity index (χ4n) is 2.09. The fourth-order valence-corrected chi connectivity index (χ4v) is 2.09. The van der Waals surface area contributed by atoms with E-state index in [-0.39, 0.29) is 5.69 Å². The quantitative estimate of drug-likeness (QED) is 0.670. The minimum atomic E-state index is -0.403. The molecule has 5 nitrogen and oxygen atoms in total. The maximum Gasteiger partial charge on any atom is 0.270 e. The number of benzene rings is 2. The molecule has 2 aromatic rings. The Hall–Kier alpha value is -2.40. The standard InChI is InChI=1S/C15H16N2O3/c1-20-15-6-5-11(7-8-16)9-14(15)12-3-2-4-13(10-12)17(18)19/h2-6,9-10H,7-8,16H2,1H3. The Labute approximate surface area is 117 Å². The molecule has 2 aromatic carbocycles. The van der Waals surface area contributed by atoms with E-state index in [1.165, 1.54) is 6.07 Å². The van der Waals surface area contributed by atoms with Gasteiger partial charge in [-0.05, 0) is 36.2 Å². The molecular weight excluding hydrogens is 256 g/mol. The molecule has 0 spiro atoms. The van der Waals surface area contributed by atoms with E-state index in [9.17, 15) is 10.1 Å². The van der Waals surface area contributed by atoms with E-state index in [1.54, 1.807) is 19.2 Å². The van der Waals surface area contributed by atoms with E-state index < -0.39 is 4.92 Å². The molecule has 0 fully saturated rings. The van der Waals surface area contributed by atoms with Gasteiger partial charge in [-0.1, -0.05) is 18.2 Å². The van der Waals surface area contributed by atoms with Crippen molar-refractivity contribution in [2.24, 2.45) is 5.73 Å².